The molecular formula is C19H31NO4. The summed E-state index contributed by atoms with van der Waals surface area (Å²) in [4.78, 5) is 0. The Balaban J connectivity index is 1.50. The van der Waals surface area contributed by atoms with Crippen LogP contribution in [0.25, 0.3) is 0 Å². The van der Waals surface area contributed by atoms with Crippen molar-refractivity contribution < 1.29 is 18.9 Å². The minimum Gasteiger partial charge on any atom is -0.373 e. The van der Waals surface area contributed by atoms with E-state index in [0.717, 1.165) is 52.1 Å². The summed E-state index contributed by atoms with van der Waals surface area (Å²) in [6.45, 7) is 6.21. The molecule has 0 radical (unpaired) electrons. The second-order valence-corrected chi connectivity index (χ2v) is 9.20. The van der Waals surface area contributed by atoms with E-state index in [0.29, 0.717) is 30.3 Å². The van der Waals surface area contributed by atoms with Crippen LogP contribution in [0.1, 0.15) is 45.4 Å². The van der Waals surface area contributed by atoms with Crippen LogP contribution in [0, 0.1) is 16.7 Å². The molecule has 0 amide bonds. The fourth-order valence-corrected chi connectivity index (χ4v) is 5.74. The average Bonchev–Trinajstić information content (AvgIpc) is 3.37. The third-order valence-electron chi connectivity index (χ3n) is 7.45. The van der Waals surface area contributed by atoms with Gasteiger partial charge in [0, 0.05) is 6.04 Å². The van der Waals surface area contributed by atoms with Crippen molar-refractivity contribution in [3.8, 4) is 0 Å². The summed E-state index contributed by atoms with van der Waals surface area (Å²) >= 11 is 0. The fourth-order valence-electron chi connectivity index (χ4n) is 5.74. The van der Waals surface area contributed by atoms with Crippen molar-refractivity contribution in [2.75, 3.05) is 26.4 Å². The molecular weight excluding hydrogens is 306 g/mol. The maximum Gasteiger partial charge on any atom is 0.0815 e. The van der Waals surface area contributed by atoms with Crippen molar-refractivity contribution in [3.05, 3.63) is 0 Å². The quantitative estimate of drug-likeness (QED) is 0.684. The van der Waals surface area contributed by atoms with Gasteiger partial charge < -0.3 is 24.7 Å². The molecule has 7 atom stereocenters. The SMILES string of the molecule is CC1(CC2CO2)CCC(N)C(CC2CO2)C1(CC1CO1)CC1CO1. The predicted octanol–water partition coefficient (Wildman–Crippen LogP) is 1.87. The highest BCUT2D eigenvalue weighted by atomic mass is 16.6. The van der Waals surface area contributed by atoms with Crippen LogP contribution in [0.2, 0.25) is 0 Å². The van der Waals surface area contributed by atoms with Gasteiger partial charge in [0.15, 0.2) is 0 Å². The maximum atomic E-state index is 6.72. The first-order valence-electron chi connectivity index (χ1n) is 9.80. The van der Waals surface area contributed by atoms with Gasteiger partial charge in [-0.3, -0.25) is 0 Å². The number of ether oxygens (including phenoxy) is 4. The van der Waals surface area contributed by atoms with Crippen molar-refractivity contribution in [2.45, 2.75) is 75.9 Å². The van der Waals surface area contributed by atoms with Crippen LogP contribution in [-0.2, 0) is 18.9 Å². The van der Waals surface area contributed by atoms with Crippen molar-refractivity contribution in [3.63, 3.8) is 0 Å². The lowest BCUT2D eigenvalue weighted by molar-refractivity contribution is -0.0982. The Morgan fingerprint density at radius 1 is 0.833 bits per heavy atom. The van der Waals surface area contributed by atoms with Crippen LogP contribution < -0.4 is 5.73 Å². The van der Waals surface area contributed by atoms with Crippen molar-refractivity contribution >= 4 is 0 Å². The molecule has 4 aliphatic heterocycles. The fraction of sp³-hybridized carbons (Fsp3) is 1.00. The number of epoxide rings is 4. The molecule has 0 aromatic rings. The van der Waals surface area contributed by atoms with E-state index in [-0.39, 0.29) is 16.9 Å². The second-order valence-electron chi connectivity index (χ2n) is 9.20. The van der Waals surface area contributed by atoms with Crippen LogP contribution in [0.15, 0.2) is 0 Å². The summed E-state index contributed by atoms with van der Waals surface area (Å²) in [5.41, 5.74) is 7.19. The highest BCUT2D eigenvalue weighted by Gasteiger charge is 2.61. The van der Waals surface area contributed by atoms with E-state index in [1.54, 1.807) is 0 Å². The Morgan fingerprint density at radius 2 is 1.33 bits per heavy atom. The van der Waals surface area contributed by atoms with Crippen molar-refractivity contribution in [2.24, 2.45) is 22.5 Å². The lowest BCUT2D eigenvalue weighted by atomic mass is 9.46. The van der Waals surface area contributed by atoms with Crippen LogP contribution in [0.4, 0.5) is 0 Å². The predicted molar refractivity (Wildman–Crippen MR) is 88.7 cm³/mol. The van der Waals surface area contributed by atoms with Gasteiger partial charge in [0.2, 0.25) is 0 Å². The Hall–Kier alpha value is -0.200. The largest absolute Gasteiger partial charge is 0.373 e. The van der Waals surface area contributed by atoms with E-state index in [4.69, 9.17) is 24.7 Å². The smallest absolute Gasteiger partial charge is 0.0815 e. The van der Waals surface area contributed by atoms with Gasteiger partial charge in [0.05, 0.1) is 50.8 Å². The molecule has 4 saturated heterocycles. The lowest BCUT2D eigenvalue weighted by Crippen LogP contribution is -2.58. The molecule has 0 aromatic carbocycles. The molecule has 5 fully saturated rings. The van der Waals surface area contributed by atoms with E-state index in [2.05, 4.69) is 6.92 Å². The normalized spacial score (nSPS) is 55.2. The first-order valence-corrected chi connectivity index (χ1v) is 9.80. The molecule has 0 aromatic heterocycles. The molecule has 24 heavy (non-hydrogen) atoms. The summed E-state index contributed by atoms with van der Waals surface area (Å²) in [7, 11) is 0. The summed E-state index contributed by atoms with van der Waals surface area (Å²) in [5, 5.41) is 0. The second kappa shape index (κ2) is 5.65. The summed E-state index contributed by atoms with van der Waals surface area (Å²) in [5.74, 6) is 0.510. The lowest BCUT2D eigenvalue weighted by Gasteiger charge is -2.59. The highest BCUT2D eigenvalue weighted by molar-refractivity contribution is 5.11. The molecule has 5 nitrogen and oxygen atoms in total. The van der Waals surface area contributed by atoms with Gasteiger partial charge in [-0.2, -0.15) is 0 Å². The number of hydrogen-bond donors (Lipinski definition) is 1. The molecule has 5 rings (SSSR count). The third-order valence-corrected chi connectivity index (χ3v) is 7.45. The summed E-state index contributed by atoms with van der Waals surface area (Å²) in [6.07, 6.45) is 8.63. The minimum absolute atomic E-state index is 0.199. The number of hydrogen-bond acceptors (Lipinski definition) is 5. The Labute approximate surface area is 144 Å². The van der Waals surface area contributed by atoms with Gasteiger partial charge in [-0.1, -0.05) is 6.92 Å². The van der Waals surface area contributed by atoms with E-state index in [1.807, 2.05) is 0 Å². The molecule has 7 unspecified atom stereocenters. The zero-order valence-electron chi connectivity index (χ0n) is 14.7. The zero-order chi connectivity index (χ0) is 16.4. The molecule has 5 aliphatic rings. The maximum absolute atomic E-state index is 6.72. The van der Waals surface area contributed by atoms with E-state index < -0.39 is 0 Å². The van der Waals surface area contributed by atoms with E-state index in [9.17, 15) is 0 Å². The van der Waals surface area contributed by atoms with Crippen LogP contribution >= 0.6 is 0 Å². The molecule has 136 valence electrons. The highest BCUT2D eigenvalue weighted by Crippen LogP contribution is 2.64. The molecule has 0 spiro atoms. The third kappa shape index (κ3) is 3.03. The Morgan fingerprint density at radius 3 is 1.83 bits per heavy atom. The molecule has 1 aliphatic carbocycles. The van der Waals surface area contributed by atoms with Crippen LogP contribution in [0.5, 0.6) is 0 Å². The van der Waals surface area contributed by atoms with E-state index in [1.165, 1.54) is 12.8 Å². The van der Waals surface area contributed by atoms with Crippen molar-refractivity contribution in [1.82, 2.24) is 0 Å². The molecule has 1 saturated carbocycles. The monoisotopic (exact) mass is 337 g/mol. The van der Waals surface area contributed by atoms with Crippen LogP contribution in [-0.4, -0.2) is 56.9 Å². The standard InChI is InChI=1S/C19H31NO4/c1-18(5-13-9-22-13)3-2-17(20)16(4-12-8-21-12)19(18,6-14-10-23-14)7-15-11-24-15/h12-17H,2-11,20H2,1H3. The van der Waals surface area contributed by atoms with Gasteiger partial charge in [-0.15, -0.1) is 0 Å². The van der Waals surface area contributed by atoms with Gasteiger partial charge in [-0.05, 0) is 55.3 Å². The first-order chi connectivity index (χ1) is 11.6. The minimum atomic E-state index is 0.199. The average molecular weight is 337 g/mol. The molecule has 4 heterocycles. The number of nitrogens with two attached hydrogens (primary N) is 1. The Bertz CT molecular complexity index is 470. The first kappa shape index (κ1) is 16.0. The van der Waals surface area contributed by atoms with Gasteiger partial charge in [0.1, 0.15) is 0 Å². The van der Waals surface area contributed by atoms with Crippen molar-refractivity contribution in [1.29, 1.82) is 0 Å². The van der Waals surface area contributed by atoms with E-state index >= 15 is 0 Å². The van der Waals surface area contributed by atoms with Gasteiger partial charge in [-0.25, -0.2) is 0 Å². The topological polar surface area (TPSA) is 76.1 Å². The summed E-state index contributed by atoms with van der Waals surface area (Å²) in [6, 6.07) is 0.278. The van der Waals surface area contributed by atoms with Gasteiger partial charge >= 0.3 is 0 Å². The van der Waals surface area contributed by atoms with Gasteiger partial charge in [0.25, 0.3) is 0 Å². The molecule has 0 bridgehead atoms. The summed E-state index contributed by atoms with van der Waals surface area (Å²) < 4.78 is 22.7. The molecule has 5 heteroatoms. The van der Waals surface area contributed by atoms with Crippen LogP contribution in [0.3, 0.4) is 0 Å². The number of rotatable bonds is 8. The molecule has 2 N–H and O–H groups in total. The zero-order valence-corrected chi connectivity index (χ0v) is 14.7. The Kier molecular flexibility index (Phi) is 3.77.